The number of amides is 1. The standard InChI is InChI=1S/C15H21ClN2O.ClH/c1-11-4-5-13(9-14(11)16)15(19)18-8-6-12-3-2-7-17-10-12;/h4-5,9,12,17H,2-3,6-8,10H2,1H3,(H,18,19);1H. The van der Waals surface area contributed by atoms with E-state index in [0.29, 0.717) is 16.5 Å². The Morgan fingerprint density at radius 3 is 2.95 bits per heavy atom. The van der Waals surface area contributed by atoms with Crippen molar-refractivity contribution >= 4 is 29.9 Å². The van der Waals surface area contributed by atoms with Gasteiger partial charge in [-0.25, -0.2) is 0 Å². The quantitative estimate of drug-likeness (QED) is 0.895. The van der Waals surface area contributed by atoms with Gasteiger partial charge >= 0.3 is 0 Å². The van der Waals surface area contributed by atoms with Gasteiger partial charge in [0.2, 0.25) is 0 Å². The van der Waals surface area contributed by atoms with E-state index in [1.807, 2.05) is 19.1 Å². The molecule has 2 rings (SSSR count). The van der Waals surface area contributed by atoms with E-state index >= 15 is 0 Å². The van der Waals surface area contributed by atoms with Gasteiger partial charge in [-0.1, -0.05) is 17.7 Å². The van der Waals surface area contributed by atoms with Crippen LogP contribution in [0.1, 0.15) is 35.2 Å². The van der Waals surface area contributed by atoms with Crippen molar-refractivity contribution in [2.45, 2.75) is 26.2 Å². The minimum absolute atomic E-state index is 0. The van der Waals surface area contributed by atoms with Crippen LogP contribution in [0.4, 0.5) is 0 Å². The van der Waals surface area contributed by atoms with Crippen LogP contribution < -0.4 is 10.6 Å². The zero-order valence-electron chi connectivity index (χ0n) is 11.7. The van der Waals surface area contributed by atoms with Crippen LogP contribution in [0.25, 0.3) is 0 Å². The minimum atomic E-state index is -0.0364. The van der Waals surface area contributed by atoms with Gasteiger partial charge < -0.3 is 10.6 Å². The summed E-state index contributed by atoms with van der Waals surface area (Å²) in [4.78, 5) is 12.0. The number of nitrogens with one attached hydrogen (secondary N) is 2. The molecule has 1 fully saturated rings. The Kier molecular flexibility index (Phi) is 7.35. The normalized spacial score (nSPS) is 18.2. The molecule has 0 radical (unpaired) electrons. The van der Waals surface area contributed by atoms with Gasteiger partial charge in [0.25, 0.3) is 5.91 Å². The second-order valence-electron chi connectivity index (χ2n) is 5.22. The third-order valence-corrected chi connectivity index (χ3v) is 4.08. The van der Waals surface area contributed by atoms with Crippen molar-refractivity contribution < 1.29 is 4.79 Å². The van der Waals surface area contributed by atoms with Crippen LogP contribution in [0.3, 0.4) is 0 Å². The van der Waals surface area contributed by atoms with Crippen molar-refractivity contribution in [3.63, 3.8) is 0 Å². The maximum atomic E-state index is 12.0. The highest BCUT2D eigenvalue weighted by molar-refractivity contribution is 6.31. The van der Waals surface area contributed by atoms with Crippen molar-refractivity contribution in [3.05, 3.63) is 34.3 Å². The molecule has 1 aromatic rings. The summed E-state index contributed by atoms with van der Waals surface area (Å²) in [6.07, 6.45) is 3.55. The zero-order valence-corrected chi connectivity index (χ0v) is 13.3. The molecule has 0 aromatic heterocycles. The van der Waals surface area contributed by atoms with Crippen molar-refractivity contribution in [1.82, 2.24) is 10.6 Å². The minimum Gasteiger partial charge on any atom is -0.352 e. The summed E-state index contributed by atoms with van der Waals surface area (Å²) < 4.78 is 0. The van der Waals surface area contributed by atoms with Gasteiger partial charge in [0.1, 0.15) is 0 Å². The predicted molar refractivity (Wildman–Crippen MR) is 86.0 cm³/mol. The van der Waals surface area contributed by atoms with Gasteiger partial charge in [0.05, 0.1) is 0 Å². The predicted octanol–water partition coefficient (Wildman–Crippen LogP) is 3.19. The van der Waals surface area contributed by atoms with E-state index in [4.69, 9.17) is 11.6 Å². The van der Waals surface area contributed by atoms with Crippen molar-refractivity contribution in [2.24, 2.45) is 5.92 Å². The second kappa shape index (κ2) is 8.50. The average molecular weight is 317 g/mol. The first-order chi connectivity index (χ1) is 9.16. The van der Waals surface area contributed by atoms with Crippen molar-refractivity contribution in [3.8, 4) is 0 Å². The molecule has 1 aliphatic rings. The number of halogens is 2. The van der Waals surface area contributed by atoms with Crippen LogP contribution in [-0.2, 0) is 0 Å². The summed E-state index contributed by atoms with van der Waals surface area (Å²) in [5.74, 6) is 0.654. The maximum Gasteiger partial charge on any atom is 0.251 e. The van der Waals surface area contributed by atoms with Crippen LogP contribution >= 0.6 is 24.0 Å². The van der Waals surface area contributed by atoms with Crippen LogP contribution in [0.5, 0.6) is 0 Å². The van der Waals surface area contributed by atoms with Gasteiger partial charge in [0, 0.05) is 17.1 Å². The van der Waals surface area contributed by atoms with Gasteiger partial charge in [-0.15, -0.1) is 12.4 Å². The van der Waals surface area contributed by atoms with E-state index in [1.54, 1.807) is 6.07 Å². The summed E-state index contributed by atoms with van der Waals surface area (Å²) in [5, 5.41) is 7.00. The molecule has 1 heterocycles. The Bertz CT molecular complexity index is 445. The molecular formula is C15H22Cl2N2O. The first-order valence-corrected chi connectivity index (χ1v) is 7.29. The number of hydrogen-bond donors (Lipinski definition) is 2. The molecule has 2 N–H and O–H groups in total. The molecule has 5 heteroatoms. The van der Waals surface area contributed by atoms with Crippen LogP contribution in [0.2, 0.25) is 5.02 Å². The smallest absolute Gasteiger partial charge is 0.251 e. The lowest BCUT2D eigenvalue weighted by Crippen LogP contribution is -2.33. The highest BCUT2D eigenvalue weighted by Gasteiger charge is 2.13. The fourth-order valence-electron chi connectivity index (χ4n) is 2.40. The lowest BCUT2D eigenvalue weighted by molar-refractivity contribution is 0.0950. The van der Waals surface area contributed by atoms with Crippen molar-refractivity contribution in [1.29, 1.82) is 0 Å². The van der Waals surface area contributed by atoms with Crippen LogP contribution in [0.15, 0.2) is 18.2 Å². The Labute approximate surface area is 131 Å². The lowest BCUT2D eigenvalue weighted by atomic mass is 9.96. The molecule has 20 heavy (non-hydrogen) atoms. The summed E-state index contributed by atoms with van der Waals surface area (Å²) in [7, 11) is 0. The summed E-state index contributed by atoms with van der Waals surface area (Å²) in [6, 6.07) is 5.43. The molecule has 1 saturated heterocycles. The molecule has 1 aliphatic heterocycles. The number of aryl methyl sites for hydroxylation is 1. The van der Waals surface area contributed by atoms with E-state index in [9.17, 15) is 4.79 Å². The van der Waals surface area contributed by atoms with Gasteiger partial charge in [-0.3, -0.25) is 4.79 Å². The molecule has 0 bridgehead atoms. The Morgan fingerprint density at radius 2 is 2.30 bits per heavy atom. The fraction of sp³-hybridized carbons (Fsp3) is 0.533. The topological polar surface area (TPSA) is 41.1 Å². The monoisotopic (exact) mass is 316 g/mol. The lowest BCUT2D eigenvalue weighted by Gasteiger charge is -2.22. The highest BCUT2D eigenvalue weighted by atomic mass is 35.5. The van der Waals surface area contributed by atoms with Gasteiger partial charge in [-0.05, 0) is 62.9 Å². The molecule has 1 atom stereocenters. The SMILES string of the molecule is Cc1ccc(C(=O)NCCC2CCCNC2)cc1Cl.Cl. The van der Waals surface area contributed by atoms with Gasteiger partial charge in [0.15, 0.2) is 0 Å². The Hall–Kier alpha value is -0.770. The second-order valence-corrected chi connectivity index (χ2v) is 5.63. The van der Waals surface area contributed by atoms with E-state index in [-0.39, 0.29) is 18.3 Å². The molecule has 0 saturated carbocycles. The van der Waals surface area contributed by atoms with E-state index in [1.165, 1.54) is 12.8 Å². The molecule has 0 aliphatic carbocycles. The van der Waals surface area contributed by atoms with Crippen LogP contribution in [0, 0.1) is 12.8 Å². The largest absolute Gasteiger partial charge is 0.352 e. The molecule has 3 nitrogen and oxygen atoms in total. The fourth-order valence-corrected chi connectivity index (χ4v) is 2.58. The van der Waals surface area contributed by atoms with Gasteiger partial charge in [-0.2, -0.15) is 0 Å². The number of hydrogen-bond acceptors (Lipinski definition) is 2. The number of piperidine rings is 1. The summed E-state index contributed by atoms with van der Waals surface area (Å²) >= 11 is 6.03. The summed E-state index contributed by atoms with van der Waals surface area (Å²) in [5.41, 5.74) is 1.63. The molecule has 1 aromatic carbocycles. The zero-order chi connectivity index (χ0) is 13.7. The molecule has 112 valence electrons. The molecule has 0 spiro atoms. The highest BCUT2D eigenvalue weighted by Crippen LogP contribution is 2.17. The maximum absolute atomic E-state index is 12.0. The number of carbonyl (C=O) groups excluding carboxylic acids is 1. The number of rotatable bonds is 4. The average Bonchev–Trinajstić information content (AvgIpc) is 2.43. The van der Waals surface area contributed by atoms with Crippen LogP contribution in [-0.4, -0.2) is 25.5 Å². The summed E-state index contributed by atoms with van der Waals surface area (Å²) in [6.45, 7) is 4.87. The Morgan fingerprint density at radius 1 is 1.50 bits per heavy atom. The molecule has 1 amide bonds. The third kappa shape index (κ3) is 4.97. The van der Waals surface area contributed by atoms with E-state index < -0.39 is 0 Å². The number of benzene rings is 1. The third-order valence-electron chi connectivity index (χ3n) is 3.67. The first-order valence-electron chi connectivity index (χ1n) is 6.92. The van der Waals surface area contributed by atoms with E-state index in [2.05, 4.69) is 10.6 Å². The Balaban J connectivity index is 0.00000200. The molecular weight excluding hydrogens is 295 g/mol. The number of carbonyl (C=O) groups is 1. The van der Waals surface area contributed by atoms with Crippen molar-refractivity contribution in [2.75, 3.05) is 19.6 Å². The van der Waals surface area contributed by atoms with E-state index in [0.717, 1.165) is 31.6 Å². The molecule has 1 unspecified atom stereocenters. The first kappa shape index (κ1) is 17.3.